The Kier molecular flexibility index (Phi) is 5.40. The van der Waals surface area contributed by atoms with Gasteiger partial charge in [-0.1, -0.05) is 17.8 Å². The highest BCUT2D eigenvalue weighted by atomic mass is 32.2. The summed E-state index contributed by atoms with van der Waals surface area (Å²) in [5, 5.41) is 13.6. The average molecular weight is 407 g/mol. The van der Waals surface area contributed by atoms with E-state index in [1.54, 1.807) is 43.5 Å². The number of anilines is 1. The summed E-state index contributed by atoms with van der Waals surface area (Å²) in [4.78, 5) is 16.9. The number of nitriles is 1. The lowest BCUT2D eigenvalue weighted by Gasteiger charge is -2.18. The molecule has 1 aromatic heterocycles. The number of benzene rings is 2. The van der Waals surface area contributed by atoms with Gasteiger partial charge in [0.1, 0.15) is 30.1 Å². The first kappa shape index (κ1) is 18.9. The van der Waals surface area contributed by atoms with Gasteiger partial charge in [0.25, 0.3) is 0 Å². The van der Waals surface area contributed by atoms with Crippen LogP contribution >= 0.6 is 11.8 Å². The van der Waals surface area contributed by atoms with Crippen molar-refractivity contribution in [2.24, 2.45) is 0 Å². The second-order valence-corrected chi connectivity index (χ2v) is 7.17. The van der Waals surface area contributed by atoms with Crippen LogP contribution in [0, 0.1) is 11.3 Å². The Labute approximate surface area is 171 Å². The number of carbonyl (C=O) groups excluding carboxylic acids is 1. The third-order valence-corrected chi connectivity index (χ3v) is 5.25. The molecule has 0 unspecified atom stereocenters. The topological polar surface area (TPSA) is 93.5 Å². The molecule has 0 bridgehead atoms. The van der Waals surface area contributed by atoms with Crippen LogP contribution in [-0.4, -0.2) is 37.0 Å². The minimum atomic E-state index is -0.198. The molecule has 29 heavy (non-hydrogen) atoms. The van der Waals surface area contributed by atoms with E-state index in [2.05, 4.69) is 16.4 Å². The molecule has 7 nitrogen and oxygen atoms in total. The number of pyridine rings is 1. The van der Waals surface area contributed by atoms with Gasteiger partial charge in [0.15, 0.2) is 11.5 Å². The first-order chi connectivity index (χ1) is 14.2. The molecule has 1 amide bonds. The van der Waals surface area contributed by atoms with E-state index < -0.39 is 0 Å². The highest BCUT2D eigenvalue weighted by molar-refractivity contribution is 8.00. The molecule has 0 atom stereocenters. The number of hydrogen-bond acceptors (Lipinski definition) is 7. The van der Waals surface area contributed by atoms with E-state index in [0.29, 0.717) is 52.3 Å². The lowest BCUT2D eigenvalue weighted by Crippen LogP contribution is -2.15. The second kappa shape index (κ2) is 8.29. The van der Waals surface area contributed by atoms with Gasteiger partial charge in [0.05, 0.1) is 23.9 Å². The maximum atomic E-state index is 12.3. The Morgan fingerprint density at radius 3 is 2.79 bits per heavy atom. The van der Waals surface area contributed by atoms with Gasteiger partial charge in [-0.2, -0.15) is 5.26 Å². The van der Waals surface area contributed by atoms with Crippen LogP contribution in [0.3, 0.4) is 0 Å². The number of ether oxygens (including phenoxy) is 3. The average Bonchev–Trinajstić information content (AvgIpc) is 2.75. The van der Waals surface area contributed by atoms with E-state index in [0.717, 1.165) is 5.39 Å². The summed E-state index contributed by atoms with van der Waals surface area (Å²) in [5.74, 6) is 1.86. The Morgan fingerprint density at radius 1 is 1.24 bits per heavy atom. The van der Waals surface area contributed by atoms with Crippen molar-refractivity contribution in [2.45, 2.75) is 5.03 Å². The molecule has 1 N–H and O–H groups in total. The fourth-order valence-electron chi connectivity index (χ4n) is 2.92. The molecule has 1 aliphatic rings. The van der Waals surface area contributed by atoms with E-state index in [1.807, 2.05) is 6.07 Å². The molecule has 3 aromatic rings. The number of rotatable bonds is 5. The molecule has 0 fully saturated rings. The number of carbonyl (C=O) groups is 1. The Morgan fingerprint density at radius 2 is 2.03 bits per heavy atom. The van der Waals surface area contributed by atoms with Crippen molar-refractivity contribution in [3.63, 3.8) is 0 Å². The molecule has 0 aliphatic carbocycles. The van der Waals surface area contributed by atoms with Gasteiger partial charge in [-0.05, 0) is 24.3 Å². The fraction of sp³-hybridized carbons (Fsp3) is 0.190. The molecule has 0 saturated carbocycles. The molecule has 8 heteroatoms. The predicted octanol–water partition coefficient (Wildman–Crippen LogP) is 3.62. The zero-order valence-corrected chi connectivity index (χ0v) is 16.4. The third kappa shape index (κ3) is 4.20. The van der Waals surface area contributed by atoms with Crippen molar-refractivity contribution in [3.8, 4) is 23.3 Å². The first-order valence-electron chi connectivity index (χ1n) is 8.87. The van der Waals surface area contributed by atoms with E-state index in [-0.39, 0.29) is 11.7 Å². The van der Waals surface area contributed by atoms with Crippen LogP contribution in [0.5, 0.6) is 17.2 Å². The third-order valence-electron chi connectivity index (χ3n) is 4.26. The van der Waals surface area contributed by atoms with Crippen molar-refractivity contribution in [1.82, 2.24) is 4.98 Å². The van der Waals surface area contributed by atoms with Gasteiger partial charge in [0, 0.05) is 23.2 Å². The van der Waals surface area contributed by atoms with E-state index in [1.165, 1.54) is 11.8 Å². The SMILES string of the molecule is COc1cccc(NC(=O)CSc2nc3cc4c(cc3cc2C#N)OCCO4)c1. The molecular weight excluding hydrogens is 390 g/mol. The minimum Gasteiger partial charge on any atom is -0.497 e. The highest BCUT2D eigenvalue weighted by Crippen LogP contribution is 2.35. The number of hydrogen-bond donors (Lipinski definition) is 1. The highest BCUT2D eigenvalue weighted by Gasteiger charge is 2.16. The number of aromatic nitrogens is 1. The van der Waals surface area contributed by atoms with Crippen LogP contribution in [0.1, 0.15) is 5.56 Å². The standard InChI is InChI=1S/C21H17N3O4S/c1-26-16-4-2-3-15(9-16)23-20(25)12-29-21-14(11-22)7-13-8-18-19(10-17(13)24-21)28-6-5-27-18/h2-4,7-10H,5-6,12H2,1H3,(H,23,25). The molecule has 4 rings (SSSR count). The van der Waals surface area contributed by atoms with E-state index in [4.69, 9.17) is 14.2 Å². The van der Waals surface area contributed by atoms with Crippen molar-refractivity contribution in [2.75, 3.05) is 31.4 Å². The number of methoxy groups -OCH3 is 1. The normalized spacial score (nSPS) is 12.3. The summed E-state index contributed by atoms with van der Waals surface area (Å²) in [6.45, 7) is 0.980. The maximum Gasteiger partial charge on any atom is 0.234 e. The van der Waals surface area contributed by atoms with Gasteiger partial charge >= 0.3 is 0 Å². The van der Waals surface area contributed by atoms with Crippen LogP contribution < -0.4 is 19.5 Å². The van der Waals surface area contributed by atoms with Crippen LogP contribution in [0.4, 0.5) is 5.69 Å². The molecule has 0 spiro atoms. The fourth-order valence-corrected chi connectivity index (χ4v) is 3.68. The number of nitrogens with one attached hydrogen (secondary N) is 1. The van der Waals surface area contributed by atoms with Crippen LogP contribution in [0.2, 0.25) is 0 Å². The summed E-state index contributed by atoms with van der Waals surface area (Å²) in [5.41, 5.74) is 1.74. The Hall–Kier alpha value is -3.44. The summed E-state index contributed by atoms with van der Waals surface area (Å²) < 4.78 is 16.3. The van der Waals surface area contributed by atoms with Gasteiger partial charge in [0.2, 0.25) is 5.91 Å². The summed E-state index contributed by atoms with van der Waals surface area (Å²) >= 11 is 1.21. The number of thioether (sulfide) groups is 1. The Balaban J connectivity index is 1.52. The number of amides is 1. The first-order valence-corrected chi connectivity index (χ1v) is 9.86. The predicted molar refractivity (Wildman–Crippen MR) is 110 cm³/mol. The summed E-state index contributed by atoms with van der Waals surface area (Å²) in [6.07, 6.45) is 0. The largest absolute Gasteiger partial charge is 0.497 e. The minimum absolute atomic E-state index is 0.120. The van der Waals surface area contributed by atoms with Crippen LogP contribution in [0.15, 0.2) is 47.5 Å². The quantitative estimate of drug-likeness (QED) is 0.646. The summed E-state index contributed by atoms with van der Waals surface area (Å²) in [6, 6.07) is 14.6. The van der Waals surface area contributed by atoms with Gasteiger partial charge < -0.3 is 19.5 Å². The second-order valence-electron chi connectivity index (χ2n) is 6.21. The van der Waals surface area contributed by atoms with Gasteiger partial charge in [-0.15, -0.1) is 0 Å². The van der Waals surface area contributed by atoms with Crippen molar-refractivity contribution in [3.05, 3.63) is 48.0 Å². The molecule has 0 saturated heterocycles. The van der Waals surface area contributed by atoms with Gasteiger partial charge in [-0.25, -0.2) is 4.98 Å². The zero-order chi connectivity index (χ0) is 20.2. The molecule has 1 aliphatic heterocycles. The van der Waals surface area contributed by atoms with Crippen molar-refractivity contribution < 1.29 is 19.0 Å². The van der Waals surface area contributed by atoms with Crippen molar-refractivity contribution >= 4 is 34.3 Å². The maximum absolute atomic E-state index is 12.3. The van der Waals surface area contributed by atoms with E-state index in [9.17, 15) is 10.1 Å². The lowest BCUT2D eigenvalue weighted by atomic mass is 10.1. The molecule has 146 valence electrons. The number of fused-ring (bicyclic) bond motifs is 2. The van der Waals surface area contributed by atoms with Crippen LogP contribution in [-0.2, 0) is 4.79 Å². The zero-order valence-electron chi connectivity index (χ0n) is 15.6. The molecule has 0 radical (unpaired) electrons. The van der Waals surface area contributed by atoms with Gasteiger partial charge in [-0.3, -0.25) is 4.79 Å². The van der Waals surface area contributed by atoms with Crippen LogP contribution in [0.25, 0.3) is 10.9 Å². The van der Waals surface area contributed by atoms with E-state index >= 15 is 0 Å². The molecule has 2 aromatic carbocycles. The smallest absolute Gasteiger partial charge is 0.234 e. The molecular formula is C21H17N3O4S. The molecule has 2 heterocycles. The summed E-state index contributed by atoms with van der Waals surface area (Å²) in [7, 11) is 1.57. The Bertz CT molecular complexity index is 1130. The monoisotopic (exact) mass is 407 g/mol. The number of nitrogens with zero attached hydrogens (tertiary/aromatic N) is 2. The lowest BCUT2D eigenvalue weighted by molar-refractivity contribution is -0.113. The van der Waals surface area contributed by atoms with Crippen molar-refractivity contribution in [1.29, 1.82) is 5.26 Å².